The van der Waals surface area contributed by atoms with Gasteiger partial charge in [-0.15, -0.1) is 0 Å². The van der Waals surface area contributed by atoms with Gasteiger partial charge in [-0.3, -0.25) is 0 Å². The van der Waals surface area contributed by atoms with E-state index in [9.17, 15) is 40.5 Å². The largest absolute Gasteiger partial charge is 0.810 e. The molecule has 160 valence electrons. The quantitative estimate of drug-likeness (QED) is 0.445. The molecule has 0 spiro atoms. The van der Waals surface area contributed by atoms with Crippen LogP contribution in [0.3, 0.4) is 0 Å². The number of aryl methyl sites for hydroxylation is 1. The Morgan fingerprint density at radius 2 is 1.66 bits per heavy atom. The molecule has 12 heteroatoms. The van der Waals surface area contributed by atoms with Crippen LogP contribution >= 0.6 is 7.60 Å². The molecular weight excluding hydrogens is 436 g/mol. The monoisotopic (exact) mass is 451 g/mol. The van der Waals surface area contributed by atoms with Crippen LogP contribution in [0.1, 0.15) is 24.0 Å². The maximum Gasteiger partial charge on any atom is 0.416 e. The van der Waals surface area contributed by atoms with Gasteiger partial charge in [-0.05, 0) is 61.2 Å². The first kappa shape index (κ1) is 23.4. The van der Waals surface area contributed by atoms with E-state index in [0.29, 0.717) is 5.56 Å². The predicted octanol–water partition coefficient (Wildman–Crippen LogP) is 2.61. The van der Waals surface area contributed by atoms with Crippen LogP contribution in [-0.4, -0.2) is 18.0 Å². The van der Waals surface area contributed by atoms with Crippen molar-refractivity contribution in [2.75, 3.05) is 0 Å². The number of rotatable bonds is 8. The van der Waals surface area contributed by atoms with Gasteiger partial charge in [0.25, 0.3) is 0 Å². The first-order valence-electron chi connectivity index (χ1n) is 8.17. The Labute approximate surface area is 165 Å². The highest BCUT2D eigenvalue weighted by atomic mass is 32.2. The molecule has 0 N–H and O–H groups in total. The second-order valence-corrected chi connectivity index (χ2v) is 9.76. The average molecular weight is 451 g/mol. The van der Waals surface area contributed by atoms with Gasteiger partial charge in [0, 0.05) is 0 Å². The van der Waals surface area contributed by atoms with E-state index in [0.717, 1.165) is 24.3 Å². The summed E-state index contributed by atoms with van der Waals surface area (Å²) in [6.45, 7) is 0. The second kappa shape index (κ2) is 8.85. The van der Waals surface area contributed by atoms with Gasteiger partial charge < -0.3 is 23.6 Å². The molecule has 0 fully saturated rings. The summed E-state index contributed by atoms with van der Waals surface area (Å²) in [5, 5.41) is 0. The lowest BCUT2D eigenvalue weighted by Gasteiger charge is -2.39. The van der Waals surface area contributed by atoms with E-state index in [-0.39, 0.29) is 24.3 Å². The third-order valence-corrected chi connectivity index (χ3v) is 7.33. The normalized spacial score (nSPS) is 13.9. The fourth-order valence-electron chi connectivity index (χ4n) is 2.55. The highest BCUT2D eigenvalue weighted by Crippen LogP contribution is 2.38. The molecule has 29 heavy (non-hydrogen) atoms. The Kier molecular flexibility index (Phi) is 7.13. The molecular formula is C17H15F3O7PS-3. The van der Waals surface area contributed by atoms with Crippen molar-refractivity contribution < 1.29 is 45.2 Å². The molecule has 7 nitrogen and oxygen atoms in total. The highest BCUT2D eigenvalue weighted by Gasteiger charge is 2.30. The van der Waals surface area contributed by atoms with E-state index >= 15 is 0 Å². The fraction of sp³-hybridized carbons (Fsp3) is 0.294. The van der Waals surface area contributed by atoms with Crippen molar-refractivity contribution in [3.8, 4) is 11.5 Å². The SMILES string of the molecule is O=P([O-])([O-])C(CCCc1cccc(Oc2ccc(C(F)(F)F)cc2)c1)S(=O)(=O)[O-]. The van der Waals surface area contributed by atoms with Gasteiger partial charge >= 0.3 is 6.18 Å². The average Bonchev–Trinajstić information content (AvgIpc) is 2.56. The number of hydrogen-bond acceptors (Lipinski definition) is 7. The van der Waals surface area contributed by atoms with Crippen LogP contribution < -0.4 is 14.5 Å². The molecule has 0 heterocycles. The molecule has 1 unspecified atom stereocenters. The Balaban J connectivity index is 2.02. The van der Waals surface area contributed by atoms with Crippen molar-refractivity contribution in [3.05, 3.63) is 59.7 Å². The van der Waals surface area contributed by atoms with E-state index in [1.165, 1.54) is 12.1 Å². The van der Waals surface area contributed by atoms with Gasteiger partial charge in [0.05, 0.1) is 10.6 Å². The van der Waals surface area contributed by atoms with Crippen LogP contribution in [-0.2, 0) is 27.3 Å². The summed E-state index contributed by atoms with van der Waals surface area (Å²) in [5.41, 5.74) is -0.237. The van der Waals surface area contributed by atoms with E-state index in [1.54, 1.807) is 12.1 Å². The summed E-state index contributed by atoms with van der Waals surface area (Å²) in [6.07, 6.45) is -5.02. The minimum absolute atomic E-state index is 0.0651. The summed E-state index contributed by atoms with van der Waals surface area (Å²) in [7, 11) is -10.9. The Bertz CT molecular complexity index is 985. The van der Waals surface area contributed by atoms with Crippen molar-refractivity contribution in [2.24, 2.45) is 0 Å². The van der Waals surface area contributed by atoms with E-state index < -0.39 is 40.9 Å². The lowest BCUT2D eigenvalue weighted by atomic mass is 10.1. The first-order chi connectivity index (χ1) is 13.3. The zero-order valence-corrected chi connectivity index (χ0v) is 16.4. The lowest BCUT2D eigenvalue weighted by Crippen LogP contribution is -2.32. The number of benzene rings is 2. The van der Waals surface area contributed by atoms with Crippen LogP contribution in [0.15, 0.2) is 48.5 Å². The van der Waals surface area contributed by atoms with E-state index in [2.05, 4.69) is 0 Å². The van der Waals surface area contributed by atoms with Crippen LogP contribution in [0.25, 0.3) is 0 Å². The summed E-state index contributed by atoms with van der Waals surface area (Å²) >= 11 is 0. The molecule has 0 bridgehead atoms. The van der Waals surface area contributed by atoms with E-state index in [1.807, 2.05) is 0 Å². The minimum atomic E-state index is -5.60. The van der Waals surface area contributed by atoms with E-state index in [4.69, 9.17) is 4.74 Å². The van der Waals surface area contributed by atoms with Crippen molar-refractivity contribution in [1.29, 1.82) is 0 Å². The molecule has 0 amide bonds. The Morgan fingerprint density at radius 3 is 2.17 bits per heavy atom. The smallest absolute Gasteiger partial charge is 0.416 e. The second-order valence-electron chi connectivity index (χ2n) is 6.15. The fourth-order valence-corrected chi connectivity index (χ4v) is 4.77. The predicted molar refractivity (Wildman–Crippen MR) is 92.0 cm³/mol. The van der Waals surface area contributed by atoms with Gasteiger partial charge in [0.2, 0.25) is 0 Å². The van der Waals surface area contributed by atoms with Crippen LogP contribution in [0, 0.1) is 0 Å². The molecule has 2 rings (SSSR count). The molecule has 0 aliphatic heterocycles. The maximum absolute atomic E-state index is 12.6. The molecule has 0 saturated heterocycles. The summed E-state index contributed by atoms with van der Waals surface area (Å²) < 4.78 is 87.0. The van der Waals surface area contributed by atoms with Crippen molar-refractivity contribution in [1.82, 2.24) is 0 Å². The third-order valence-electron chi connectivity index (χ3n) is 3.92. The van der Waals surface area contributed by atoms with Crippen LogP contribution in [0.4, 0.5) is 13.2 Å². The topological polar surface area (TPSA) is 130 Å². The molecule has 1 atom stereocenters. The maximum atomic E-state index is 12.6. The summed E-state index contributed by atoms with van der Waals surface area (Å²) in [5.74, 6) is 0.444. The Hall–Kier alpha value is -1.91. The summed E-state index contributed by atoms with van der Waals surface area (Å²) in [6, 6.07) is 10.3. The molecule has 2 aromatic rings. The zero-order valence-electron chi connectivity index (χ0n) is 14.7. The zero-order chi connectivity index (χ0) is 21.9. The standard InChI is InChI=1S/C17H18F3O7PS/c18-17(19,20)13-7-9-14(10-8-13)27-15-5-1-3-12(11-15)4-2-6-16(28(21,22)23)29(24,25)26/h1,3,5,7-11,16H,2,4,6H2,(H2,21,22,23)(H,24,25,26)/p-3. The number of alkyl halides is 3. The number of ether oxygens (including phenoxy) is 1. The Morgan fingerprint density at radius 1 is 1.03 bits per heavy atom. The molecule has 2 aromatic carbocycles. The number of halogens is 3. The molecule has 0 aliphatic carbocycles. The summed E-state index contributed by atoms with van der Waals surface area (Å²) in [4.78, 5) is 19.4. The molecule has 0 aromatic heterocycles. The molecule has 0 aliphatic rings. The third kappa shape index (κ3) is 7.13. The van der Waals surface area contributed by atoms with Gasteiger partial charge in [0.1, 0.15) is 21.6 Å². The lowest BCUT2D eigenvalue weighted by molar-refractivity contribution is -0.314. The van der Waals surface area contributed by atoms with Gasteiger partial charge in [-0.1, -0.05) is 19.7 Å². The molecule has 0 saturated carbocycles. The van der Waals surface area contributed by atoms with Crippen molar-refractivity contribution >= 4 is 17.7 Å². The number of hydrogen-bond donors (Lipinski definition) is 0. The van der Waals surface area contributed by atoms with Gasteiger partial charge in [-0.25, -0.2) is 8.42 Å². The van der Waals surface area contributed by atoms with Crippen molar-refractivity contribution in [3.63, 3.8) is 0 Å². The van der Waals surface area contributed by atoms with Gasteiger partial charge in [-0.2, -0.15) is 13.2 Å². The first-order valence-corrected chi connectivity index (χ1v) is 11.3. The van der Waals surface area contributed by atoms with Gasteiger partial charge in [0.15, 0.2) is 0 Å². The molecule has 0 radical (unpaired) electrons. The van der Waals surface area contributed by atoms with Crippen LogP contribution in [0.2, 0.25) is 0 Å². The highest BCUT2D eigenvalue weighted by molar-refractivity contribution is 7.93. The van der Waals surface area contributed by atoms with Crippen LogP contribution in [0.5, 0.6) is 11.5 Å². The van der Waals surface area contributed by atoms with Crippen molar-refractivity contribution in [2.45, 2.75) is 30.4 Å². The minimum Gasteiger partial charge on any atom is -0.810 e.